The number of hydrogen-bond donors (Lipinski definition) is 1. The van der Waals surface area contributed by atoms with Gasteiger partial charge in [0.2, 0.25) is 6.10 Å². The van der Waals surface area contributed by atoms with E-state index >= 15 is 0 Å². The Bertz CT molecular complexity index is 872. The molecule has 1 aromatic heterocycles. The first-order chi connectivity index (χ1) is 13.5. The number of nitrogens with one attached hydrogen (secondary N) is 1. The topological polar surface area (TPSA) is 93.9 Å². The number of aryl methyl sites for hydroxylation is 1. The first-order valence-electron chi connectivity index (χ1n) is 9.46. The van der Waals surface area contributed by atoms with Gasteiger partial charge in [0.05, 0.1) is 0 Å². The van der Waals surface area contributed by atoms with E-state index in [1.165, 1.54) is 0 Å². The molecule has 8 heteroatoms. The molecule has 3 heterocycles. The fourth-order valence-corrected chi connectivity index (χ4v) is 3.55. The molecule has 0 radical (unpaired) electrons. The van der Waals surface area contributed by atoms with Crippen molar-refractivity contribution in [2.75, 3.05) is 13.1 Å². The lowest BCUT2D eigenvalue weighted by Gasteiger charge is -2.37. The fourth-order valence-electron chi connectivity index (χ4n) is 3.55. The number of aromatic nitrogens is 1. The highest BCUT2D eigenvalue weighted by atomic mass is 16.6. The smallest absolute Gasteiger partial charge is 0.273 e. The first kappa shape index (κ1) is 18.3. The summed E-state index contributed by atoms with van der Waals surface area (Å²) in [6.45, 7) is 4.68. The van der Waals surface area contributed by atoms with E-state index in [9.17, 15) is 9.59 Å². The van der Waals surface area contributed by atoms with Crippen LogP contribution in [-0.4, -0.2) is 53.2 Å². The Kier molecular flexibility index (Phi) is 4.93. The fraction of sp³-hybridized carbons (Fsp3) is 0.450. The van der Waals surface area contributed by atoms with Crippen LogP contribution in [0.5, 0.6) is 11.5 Å². The number of amides is 2. The van der Waals surface area contributed by atoms with Gasteiger partial charge >= 0.3 is 0 Å². The quantitative estimate of drug-likeness (QED) is 0.868. The van der Waals surface area contributed by atoms with Crippen molar-refractivity contribution >= 4 is 11.8 Å². The van der Waals surface area contributed by atoms with E-state index in [1.54, 1.807) is 24.0 Å². The molecule has 0 aliphatic carbocycles. The molecule has 2 aromatic rings. The molecule has 2 amide bonds. The van der Waals surface area contributed by atoms with Gasteiger partial charge in [-0.25, -0.2) is 0 Å². The van der Waals surface area contributed by atoms with E-state index in [0.29, 0.717) is 43.2 Å². The highest BCUT2D eigenvalue weighted by molar-refractivity contribution is 5.92. The summed E-state index contributed by atoms with van der Waals surface area (Å²) >= 11 is 0. The van der Waals surface area contributed by atoms with Crippen LogP contribution in [0.15, 0.2) is 34.9 Å². The number of carbonyl (C=O) groups excluding carboxylic acids is 2. The summed E-state index contributed by atoms with van der Waals surface area (Å²) in [7, 11) is 0. The maximum Gasteiger partial charge on any atom is 0.273 e. The lowest BCUT2D eigenvalue weighted by atomic mass is 10.0. The molecule has 2 aliphatic heterocycles. The van der Waals surface area contributed by atoms with Crippen molar-refractivity contribution in [1.29, 1.82) is 0 Å². The number of nitrogens with zero attached hydrogens (tertiary/aromatic N) is 2. The molecule has 0 bridgehead atoms. The van der Waals surface area contributed by atoms with Crippen molar-refractivity contribution in [2.45, 2.75) is 44.9 Å². The van der Waals surface area contributed by atoms with Gasteiger partial charge in [-0.3, -0.25) is 9.59 Å². The molecule has 0 unspecified atom stereocenters. The summed E-state index contributed by atoms with van der Waals surface area (Å²) in [5, 5.41) is 6.68. The molecule has 0 spiro atoms. The van der Waals surface area contributed by atoms with Gasteiger partial charge < -0.3 is 24.2 Å². The van der Waals surface area contributed by atoms with Gasteiger partial charge in [0.15, 0.2) is 17.2 Å². The molecular weight excluding hydrogens is 362 g/mol. The van der Waals surface area contributed by atoms with Crippen LogP contribution in [0.4, 0.5) is 0 Å². The van der Waals surface area contributed by atoms with Crippen LogP contribution >= 0.6 is 0 Å². The average Bonchev–Trinajstić information content (AvgIpc) is 3.14. The van der Waals surface area contributed by atoms with E-state index in [0.717, 1.165) is 0 Å². The predicted octanol–water partition coefficient (Wildman–Crippen LogP) is 1.93. The number of likely N-dealkylation sites (tertiary alicyclic amines) is 1. The Morgan fingerprint density at radius 1 is 1.14 bits per heavy atom. The highest BCUT2D eigenvalue weighted by Gasteiger charge is 2.38. The molecule has 148 valence electrons. The molecule has 2 atom stereocenters. The normalized spacial score (nSPS) is 22.0. The molecule has 28 heavy (non-hydrogen) atoms. The number of para-hydroxylation sites is 2. The minimum Gasteiger partial charge on any atom is -0.482 e. The molecular formula is C20H23N3O5. The van der Waals surface area contributed by atoms with Crippen molar-refractivity contribution in [2.24, 2.45) is 0 Å². The molecule has 1 fully saturated rings. The standard InChI is InChI=1S/C20H23N3O5/c1-12-11-15(22-28-12)19(24)21-14-7-9-23(10-8-14)20(25)18-13(2)26-16-5-3-4-6-17(16)27-18/h3-6,11,13-14,18H,7-10H2,1-2H3,(H,21,24)/t13-,18+/m1/s1. The van der Waals surface area contributed by atoms with Crippen molar-refractivity contribution in [3.05, 3.63) is 41.8 Å². The first-order valence-corrected chi connectivity index (χ1v) is 9.46. The second-order valence-electron chi connectivity index (χ2n) is 7.20. The third-order valence-corrected chi connectivity index (χ3v) is 5.09. The Balaban J connectivity index is 1.32. The Labute approximate surface area is 162 Å². The second-order valence-corrected chi connectivity index (χ2v) is 7.20. The zero-order valence-corrected chi connectivity index (χ0v) is 15.9. The minimum absolute atomic E-state index is 0.00442. The van der Waals surface area contributed by atoms with Crippen LogP contribution in [0, 0.1) is 6.92 Å². The zero-order valence-electron chi connectivity index (χ0n) is 15.9. The SMILES string of the molecule is Cc1cc(C(=O)NC2CCN(C(=O)[C@H]3Oc4ccccc4O[C@@H]3C)CC2)no1. The monoisotopic (exact) mass is 385 g/mol. The van der Waals surface area contributed by atoms with E-state index in [2.05, 4.69) is 10.5 Å². The lowest BCUT2D eigenvalue weighted by Crippen LogP contribution is -2.54. The highest BCUT2D eigenvalue weighted by Crippen LogP contribution is 2.34. The second kappa shape index (κ2) is 7.53. The maximum atomic E-state index is 12.9. The Morgan fingerprint density at radius 2 is 1.82 bits per heavy atom. The maximum absolute atomic E-state index is 12.9. The van der Waals surface area contributed by atoms with Gasteiger partial charge in [-0.15, -0.1) is 0 Å². The number of fused-ring (bicyclic) bond motifs is 1. The van der Waals surface area contributed by atoms with Crippen molar-refractivity contribution in [1.82, 2.24) is 15.4 Å². The largest absolute Gasteiger partial charge is 0.482 e. The Morgan fingerprint density at radius 3 is 2.46 bits per heavy atom. The number of piperidine rings is 1. The van der Waals surface area contributed by atoms with Gasteiger partial charge in [0, 0.05) is 25.2 Å². The molecule has 4 rings (SSSR count). The van der Waals surface area contributed by atoms with Crippen LogP contribution in [0.25, 0.3) is 0 Å². The number of hydrogen-bond acceptors (Lipinski definition) is 6. The molecule has 2 aliphatic rings. The number of ether oxygens (including phenoxy) is 2. The van der Waals surface area contributed by atoms with Gasteiger partial charge in [-0.05, 0) is 38.8 Å². The molecule has 1 N–H and O–H groups in total. The minimum atomic E-state index is -0.667. The van der Waals surface area contributed by atoms with Crippen LogP contribution in [0.3, 0.4) is 0 Å². The number of rotatable bonds is 3. The molecule has 8 nitrogen and oxygen atoms in total. The van der Waals surface area contributed by atoms with Gasteiger partial charge in [-0.2, -0.15) is 0 Å². The third kappa shape index (κ3) is 3.67. The number of benzene rings is 1. The molecule has 0 saturated carbocycles. The third-order valence-electron chi connectivity index (χ3n) is 5.09. The average molecular weight is 385 g/mol. The lowest BCUT2D eigenvalue weighted by molar-refractivity contribution is -0.145. The van der Waals surface area contributed by atoms with Crippen molar-refractivity contribution in [3.63, 3.8) is 0 Å². The van der Waals surface area contributed by atoms with Crippen molar-refractivity contribution in [3.8, 4) is 11.5 Å². The van der Waals surface area contributed by atoms with E-state index in [1.807, 2.05) is 25.1 Å². The Hall–Kier alpha value is -3.03. The molecule has 1 aromatic carbocycles. The van der Waals surface area contributed by atoms with Gasteiger partial charge in [0.25, 0.3) is 11.8 Å². The van der Waals surface area contributed by atoms with Crippen LogP contribution < -0.4 is 14.8 Å². The van der Waals surface area contributed by atoms with E-state index in [-0.39, 0.29) is 29.7 Å². The zero-order chi connectivity index (χ0) is 19.7. The van der Waals surface area contributed by atoms with Crippen LogP contribution in [0.2, 0.25) is 0 Å². The van der Waals surface area contributed by atoms with Gasteiger partial charge in [0.1, 0.15) is 11.9 Å². The summed E-state index contributed by atoms with van der Waals surface area (Å²) < 4.78 is 16.7. The predicted molar refractivity (Wildman–Crippen MR) is 99.3 cm³/mol. The van der Waals surface area contributed by atoms with Crippen LogP contribution in [-0.2, 0) is 4.79 Å². The van der Waals surface area contributed by atoms with E-state index < -0.39 is 6.10 Å². The summed E-state index contributed by atoms with van der Waals surface area (Å²) in [6, 6.07) is 8.95. The number of carbonyl (C=O) groups is 2. The summed E-state index contributed by atoms with van der Waals surface area (Å²) in [6.07, 6.45) is 0.314. The van der Waals surface area contributed by atoms with Gasteiger partial charge in [-0.1, -0.05) is 17.3 Å². The summed E-state index contributed by atoms with van der Waals surface area (Å²) in [4.78, 5) is 26.9. The van der Waals surface area contributed by atoms with Crippen molar-refractivity contribution < 1.29 is 23.6 Å². The van der Waals surface area contributed by atoms with E-state index in [4.69, 9.17) is 14.0 Å². The summed E-state index contributed by atoms with van der Waals surface area (Å²) in [5.41, 5.74) is 0.274. The van der Waals surface area contributed by atoms with Crippen LogP contribution in [0.1, 0.15) is 36.0 Å². The summed E-state index contributed by atoms with van der Waals surface area (Å²) in [5.74, 6) is 1.50. The molecule has 1 saturated heterocycles.